The van der Waals surface area contributed by atoms with Crippen molar-refractivity contribution in [1.82, 2.24) is 9.80 Å². The topological polar surface area (TPSA) is 75.9 Å². The Hall–Kier alpha value is -1.60. The monoisotopic (exact) mass is 383 g/mol. The molecule has 1 aromatic carbocycles. The summed E-state index contributed by atoms with van der Waals surface area (Å²) in [7, 11) is 0. The second-order valence-electron chi connectivity index (χ2n) is 5.40. The summed E-state index contributed by atoms with van der Waals surface area (Å²) < 4.78 is 6.46. The first-order valence-electron chi connectivity index (χ1n) is 7.74. The Kier molecular flexibility index (Phi) is 6.85. The summed E-state index contributed by atoms with van der Waals surface area (Å²) in [5.74, 6) is 0.729. The number of ether oxygens (including phenoxy) is 1. The van der Waals surface area contributed by atoms with Crippen LogP contribution in [0.15, 0.2) is 28.7 Å². The lowest BCUT2D eigenvalue weighted by molar-refractivity contribution is -0.140. The number of halogens is 1. The van der Waals surface area contributed by atoms with E-state index in [1.54, 1.807) is 9.80 Å². The SMILES string of the molecule is NCCCC(=O)N1CCN(C(=O)COc2ccc(Br)cc2)CC1. The summed E-state index contributed by atoms with van der Waals surface area (Å²) >= 11 is 3.35. The Morgan fingerprint density at radius 2 is 1.61 bits per heavy atom. The Morgan fingerprint density at radius 1 is 1.04 bits per heavy atom. The molecule has 0 atom stereocenters. The van der Waals surface area contributed by atoms with Gasteiger partial charge in [0.2, 0.25) is 5.91 Å². The molecule has 0 saturated carbocycles. The molecule has 0 aromatic heterocycles. The van der Waals surface area contributed by atoms with Gasteiger partial charge in [0.25, 0.3) is 5.91 Å². The third-order valence-electron chi connectivity index (χ3n) is 3.76. The average Bonchev–Trinajstić information content (AvgIpc) is 2.59. The molecular weight excluding hydrogens is 362 g/mol. The molecule has 0 unspecified atom stereocenters. The van der Waals surface area contributed by atoms with Crippen molar-refractivity contribution >= 4 is 27.7 Å². The van der Waals surface area contributed by atoms with Gasteiger partial charge in [-0.05, 0) is 37.2 Å². The van der Waals surface area contributed by atoms with E-state index >= 15 is 0 Å². The minimum Gasteiger partial charge on any atom is -0.484 e. The lowest BCUT2D eigenvalue weighted by Crippen LogP contribution is -2.51. The van der Waals surface area contributed by atoms with E-state index in [0.717, 1.165) is 4.47 Å². The number of carbonyl (C=O) groups excluding carboxylic acids is 2. The molecule has 2 N–H and O–H groups in total. The van der Waals surface area contributed by atoms with Gasteiger partial charge in [0.05, 0.1) is 0 Å². The number of amides is 2. The summed E-state index contributed by atoms with van der Waals surface area (Å²) in [6.45, 7) is 2.80. The van der Waals surface area contributed by atoms with Gasteiger partial charge in [-0.1, -0.05) is 15.9 Å². The second-order valence-corrected chi connectivity index (χ2v) is 6.31. The summed E-state index contributed by atoms with van der Waals surface area (Å²) in [4.78, 5) is 27.6. The molecule has 1 heterocycles. The highest BCUT2D eigenvalue weighted by atomic mass is 79.9. The lowest BCUT2D eigenvalue weighted by atomic mass is 10.2. The molecule has 23 heavy (non-hydrogen) atoms. The van der Waals surface area contributed by atoms with Gasteiger partial charge in [-0.3, -0.25) is 9.59 Å². The van der Waals surface area contributed by atoms with Crippen LogP contribution >= 0.6 is 15.9 Å². The van der Waals surface area contributed by atoms with E-state index in [-0.39, 0.29) is 18.4 Å². The number of nitrogens with zero attached hydrogens (tertiary/aromatic N) is 2. The number of hydrogen-bond acceptors (Lipinski definition) is 4. The van der Waals surface area contributed by atoms with Crippen molar-refractivity contribution in [2.24, 2.45) is 5.73 Å². The van der Waals surface area contributed by atoms with Gasteiger partial charge < -0.3 is 20.3 Å². The van der Waals surface area contributed by atoms with Gasteiger partial charge in [-0.2, -0.15) is 0 Å². The van der Waals surface area contributed by atoms with E-state index < -0.39 is 0 Å². The third-order valence-corrected chi connectivity index (χ3v) is 4.28. The number of hydrogen-bond donors (Lipinski definition) is 1. The maximum atomic E-state index is 12.2. The van der Waals surface area contributed by atoms with Crippen molar-refractivity contribution in [2.45, 2.75) is 12.8 Å². The Labute approximate surface area is 144 Å². The molecule has 1 saturated heterocycles. The van der Waals surface area contributed by atoms with Gasteiger partial charge in [-0.15, -0.1) is 0 Å². The molecule has 2 amide bonds. The van der Waals surface area contributed by atoms with Crippen molar-refractivity contribution in [1.29, 1.82) is 0 Å². The normalized spacial score (nSPS) is 14.7. The molecule has 6 nitrogen and oxygen atoms in total. The quantitative estimate of drug-likeness (QED) is 0.801. The molecule has 1 aliphatic heterocycles. The maximum Gasteiger partial charge on any atom is 0.260 e. The van der Waals surface area contributed by atoms with Crippen molar-refractivity contribution in [3.8, 4) is 5.75 Å². The van der Waals surface area contributed by atoms with Gasteiger partial charge in [0.1, 0.15) is 5.75 Å². The molecule has 0 bridgehead atoms. The minimum atomic E-state index is -0.0537. The van der Waals surface area contributed by atoms with Crippen LogP contribution in [0, 0.1) is 0 Å². The van der Waals surface area contributed by atoms with Crippen molar-refractivity contribution in [3.63, 3.8) is 0 Å². The van der Waals surface area contributed by atoms with E-state index in [9.17, 15) is 9.59 Å². The fourth-order valence-corrected chi connectivity index (χ4v) is 2.65. The Morgan fingerprint density at radius 3 is 2.17 bits per heavy atom. The molecular formula is C16H22BrN3O3. The predicted octanol–water partition coefficient (Wildman–Crippen LogP) is 1.24. The number of rotatable bonds is 6. The molecule has 1 aliphatic rings. The third kappa shape index (κ3) is 5.51. The number of piperazine rings is 1. The van der Waals surface area contributed by atoms with Crippen LogP contribution in [-0.4, -0.2) is 60.9 Å². The molecule has 0 spiro atoms. The van der Waals surface area contributed by atoms with Gasteiger partial charge >= 0.3 is 0 Å². The van der Waals surface area contributed by atoms with Crippen molar-refractivity contribution < 1.29 is 14.3 Å². The van der Waals surface area contributed by atoms with E-state index in [0.29, 0.717) is 51.3 Å². The van der Waals surface area contributed by atoms with Gasteiger partial charge in [0.15, 0.2) is 6.61 Å². The highest BCUT2D eigenvalue weighted by Crippen LogP contribution is 2.16. The highest BCUT2D eigenvalue weighted by molar-refractivity contribution is 9.10. The molecule has 2 rings (SSSR count). The van der Waals surface area contributed by atoms with Crippen LogP contribution in [0.3, 0.4) is 0 Å². The molecule has 7 heteroatoms. The molecule has 126 valence electrons. The standard InChI is InChI=1S/C16H22BrN3O3/c17-13-3-5-14(6-4-13)23-12-16(22)20-10-8-19(9-11-20)15(21)2-1-7-18/h3-6H,1-2,7-12,18H2. The summed E-state index contributed by atoms with van der Waals surface area (Å²) in [5, 5.41) is 0. The number of carbonyl (C=O) groups is 2. The fraction of sp³-hybridized carbons (Fsp3) is 0.500. The molecule has 0 aliphatic carbocycles. The van der Waals surface area contributed by atoms with Crippen molar-refractivity contribution in [2.75, 3.05) is 39.3 Å². The summed E-state index contributed by atoms with van der Waals surface area (Å²) in [6, 6.07) is 7.36. The van der Waals surface area contributed by atoms with Crippen LogP contribution in [-0.2, 0) is 9.59 Å². The number of benzene rings is 1. The first-order chi connectivity index (χ1) is 11.1. The van der Waals surface area contributed by atoms with Crippen LogP contribution in [0.4, 0.5) is 0 Å². The zero-order valence-corrected chi connectivity index (χ0v) is 14.6. The Bertz CT molecular complexity index is 528. The van der Waals surface area contributed by atoms with E-state index in [1.807, 2.05) is 24.3 Å². The minimum absolute atomic E-state index is 0.0166. The fourth-order valence-electron chi connectivity index (χ4n) is 2.38. The maximum absolute atomic E-state index is 12.2. The molecule has 1 fully saturated rings. The zero-order valence-electron chi connectivity index (χ0n) is 13.0. The van der Waals surface area contributed by atoms with Crippen LogP contribution in [0.25, 0.3) is 0 Å². The second kappa shape index (κ2) is 8.88. The van der Waals surface area contributed by atoms with E-state index in [4.69, 9.17) is 10.5 Å². The molecule has 0 radical (unpaired) electrons. The lowest BCUT2D eigenvalue weighted by Gasteiger charge is -2.34. The first-order valence-corrected chi connectivity index (χ1v) is 8.53. The van der Waals surface area contributed by atoms with E-state index in [2.05, 4.69) is 15.9 Å². The van der Waals surface area contributed by atoms with Crippen LogP contribution in [0.5, 0.6) is 5.75 Å². The van der Waals surface area contributed by atoms with Crippen molar-refractivity contribution in [3.05, 3.63) is 28.7 Å². The Balaban J connectivity index is 1.73. The predicted molar refractivity (Wildman–Crippen MR) is 91.1 cm³/mol. The zero-order chi connectivity index (χ0) is 16.7. The average molecular weight is 384 g/mol. The van der Waals surface area contributed by atoms with Crippen LogP contribution in [0.1, 0.15) is 12.8 Å². The van der Waals surface area contributed by atoms with Gasteiger partial charge in [0, 0.05) is 37.1 Å². The largest absolute Gasteiger partial charge is 0.484 e. The summed E-state index contributed by atoms with van der Waals surface area (Å²) in [6.07, 6.45) is 1.19. The van der Waals surface area contributed by atoms with Crippen LogP contribution < -0.4 is 10.5 Å². The highest BCUT2D eigenvalue weighted by Gasteiger charge is 2.23. The van der Waals surface area contributed by atoms with E-state index in [1.165, 1.54) is 0 Å². The summed E-state index contributed by atoms with van der Waals surface area (Å²) in [5.41, 5.74) is 5.42. The molecule has 1 aromatic rings. The van der Waals surface area contributed by atoms with Gasteiger partial charge in [-0.25, -0.2) is 0 Å². The smallest absolute Gasteiger partial charge is 0.260 e. The first kappa shape index (κ1) is 17.7. The van der Waals surface area contributed by atoms with Crippen LogP contribution in [0.2, 0.25) is 0 Å². The number of nitrogens with two attached hydrogens (primary N) is 1.